The minimum absolute atomic E-state index is 0.138. The molecule has 0 fully saturated rings. The summed E-state index contributed by atoms with van der Waals surface area (Å²) in [6.45, 7) is 7.48. The Kier molecular flexibility index (Phi) is 9.62. The van der Waals surface area contributed by atoms with E-state index in [0.29, 0.717) is 53.0 Å². The Morgan fingerprint density at radius 2 is 1.84 bits per heavy atom. The Morgan fingerprint density at radius 1 is 1.08 bits per heavy atom. The maximum absolute atomic E-state index is 13.1. The number of hydrogen-bond acceptors (Lipinski definition) is 8. The molecule has 0 saturated heterocycles. The van der Waals surface area contributed by atoms with Crippen molar-refractivity contribution in [2.75, 3.05) is 56.4 Å². The third kappa shape index (κ3) is 7.08. The zero-order chi connectivity index (χ0) is 26.8. The highest BCUT2D eigenvalue weighted by Crippen LogP contribution is 2.38. The maximum Gasteiger partial charge on any atom is 0.247 e. The molecular weight excluding hydrogens is 470 g/mol. The number of nitrogens with one attached hydrogen (secondary N) is 3. The first kappa shape index (κ1) is 27.2. The Morgan fingerprint density at radius 3 is 2.49 bits per heavy atom. The Balaban J connectivity index is 1.92. The highest BCUT2D eigenvalue weighted by molar-refractivity contribution is 6.09. The molecule has 194 valence electrons. The fraction of sp³-hybridized carbons (Fsp3) is 0.250. The number of ether oxygens (including phenoxy) is 2. The highest BCUT2D eigenvalue weighted by Gasteiger charge is 2.17. The summed E-state index contributed by atoms with van der Waals surface area (Å²) < 4.78 is 11.1. The molecule has 0 aliphatic carbocycles. The quantitative estimate of drug-likeness (QED) is 0.235. The molecular formula is C28H33N5O4. The second-order valence-corrected chi connectivity index (χ2v) is 8.13. The van der Waals surface area contributed by atoms with E-state index in [-0.39, 0.29) is 11.7 Å². The number of pyridine rings is 1. The van der Waals surface area contributed by atoms with Crippen LogP contribution in [-0.4, -0.2) is 57.6 Å². The first-order valence-corrected chi connectivity index (χ1v) is 11.9. The van der Waals surface area contributed by atoms with E-state index in [9.17, 15) is 9.59 Å². The number of carbonyl (C=O) groups is 2. The van der Waals surface area contributed by atoms with Crippen LogP contribution in [0.3, 0.4) is 0 Å². The van der Waals surface area contributed by atoms with E-state index in [1.54, 1.807) is 55.8 Å². The number of anilines is 4. The van der Waals surface area contributed by atoms with Gasteiger partial charge in [-0.2, -0.15) is 0 Å². The summed E-state index contributed by atoms with van der Waals surface area (Å²) in [7, 11) is 5.38. The van der Waals surface area contributed by atoms with Gasteiger partial charge in [0.1, 0.15) is 17.3 Å². The zero-order valence-corrected chi connectivity index (χ0v) is 21.6. The van der Waals surface area contributed by atoms with Crippen LogP contribution < -0.4 is 30.3 Å². The van der Waals surface area contributed by atoms with Gasteiger partial charge in [0, 0.05) is 43.5 Å². The monoisotopic (exact) mass is 503 g/mol. The molecule has 1 amide bonds. The molecule has 0 saturated carbocycles. The van der Waals surface area contributed by atoms with Gasteiger partial charge < -0.3 is 30.3 Å². The number of methoxy groups -OCH3 is 1. The van der Waals surface area contributed by atoms with Crippen molar-refractivity contribution in [3.8, 4) is 11.5 Å². The number of amides is 1. The van der Waals surface area contributed by atoms with E-state index in [1.165, 1.54) is 6.08 Å². The minimum Gasteiger partial charge on any atom is -0.494 e. The van der Waals surface area contributed by atoms with Crippen molar-refractivity contribution in [3.63, 3.8) is 0 Å². The minimum atomic E-state index is -0.333. The topological polar surface area (TPSA) is 105 Å². The number of nitrogens with zero attached hydrogens (tertiary/aromatic N) is 2. The molecule has 3 rings (SSSR count). The number of ketones is 1. The van der Waals surface area contributed by atoms with Crippen molar-refractivity contribution in [1.82, 2.24) is 10.3 Å². The summed E-state index contributed by atoms with van der Waals surface area (Å²) in [6.07, 6.45) is 2.78. The smallest absolute Gasteiger partial charge is 0.247 e. The number of carbonyl (C=O) groups excluding carboxylic acids is 2. The van der Waals surface area contributed by atoms with Gasteiger partial charge in [0.05, 0.1) is 30.8 Å². The molecule has 3 aromatic rings. The van der Waals surface area contributed by atoms with E-state index in [4.69, 9.17) is 9.47 Å². The first-order valence-electron chi connectivity index (χ1n) is 11.9. The van der Waals surface area contributed by atoms with Gasteiger partial charge in [-0.05, 0) is 62.5 Å². The molecule has 2 aromatic carbocycles. The molecule has 0 atom stereocenters. The van der Waals surface area contributed by atoms with Crippen molar-refractivity contribution < 1.29 is 19.1 Å². The molecule has 0 aliphatic heterocycles. The van der Waals surface area contributed by atoms with E-state index in [1.807, 2.05) is 32.0 Å². The molecule has 0 bridgehead atoms. The van der Waals surface area contributed by atoms with Gasteiger partial charge in [-0.15, -0.1) is 0 Å². The van der Waals surface area contributed by atoms with Gasteiger partial charge in [0.2, 0.25) is 5.91 Å². The molecule has 0 aliphatic rings. The van der Waals surface area contributed by atoms with Crippen LogP contribution in [0.15, 0.2) is 67.4 Å². The molecule has 0 spiro atoms. The van der Waals surface area contributed by atoms with Crippen LogP contribution in [0.1, 0.15) is 22.8 Å². The van der Waals surface area contributed by atoms with E-state index >= 15 is 0 Å². The average molecular weight is 504 g/mol. The molecule has 0 unspecified atom stereocenters. The van der Waals surface area contributed by atoms with Crippen molar-refractivity contribution in [2.24, 2.45) is 0 Å². The van der Waals surface area contributed by atoms with Gasteiger partial charge in [-0.3, -0.25) is 9.59 Å². The average Bonchev–Trinajstić information content (AvgIpc) is 2.92. The van der Waals surface area contributed by atoms with Gasteiger partial charge >= 0.3 is 0 Å². The number of hydrogen-bond donors (Lipinski definition) is 3. The summed E-state index contributed by atoms with van der Waals surface area (Å²) >= 11 is 0. The van der Waals surface area contributed by atoms with Gasteiger partial charge in [0.25, 0.3) is 0 Å². The lowest BCUT2D eigenvalue weighted by Crippen LogP contribution is -2.28. The lowest BCUT2D eigenvalue weighted by atomic mass is 10.0. The molecule has 0 radical (unpaired) electrons. The third-order valence-corrected chi connectivity index (χ3v) is 5.58. The Bertz CT molecular complexity index is 1240. The molecule has 1 aromatic heterocycles. The summed E-state index contributed by atoms with van der Waals surface area (Å²) in [5, 5.41) is 9.20. The fourth-order valence-corrected chi connectivity index (χ4v) is 3.65. The SMILES string of the molecule is C=CC(=O)Nc1cc(Nc2cc(C(=O)c3ccc(OCC)cc3)ccn2)c(OC)cc1N(C)CCNC. The van der Waals surface area contributed by atoms with Crippen LogP contribution in [0, 0.1) is 0 Å². The zero-order valence-electron chi connectivity index (χ0n) is 21.6. The normalized spacial score (nSPS) is 10.4. The van der Waals surface area contributed by atoms with Crippen LogP contribution in [0.4, 0.5) is 22.9 Å². The second-order valence-electron chi connectivity index (χ2n) is 8.13. The summed E-state index contributed by atoms with van der Waals surface area (Å²) in [5.41, 5.74) is 2.95. The Hall–Kier alpha value is -4.37. The van der Waals surface area contributed by atoms with Crippen LogP contribution in [-0.2, 0) is 4.79 Å². The summed E-state index contributed by atoms with van der Waals surface area (Å²) in [6, 6.07) is 14.0. The standard InChI is InChI=1S/C28H33N5O4/c1-6-27(34)32-22-17-23(25(36-5)18-24(22)33(4)15-14-29-3)31-26-16-20(12-13-30-26)28(35)19-8-10-21(11-9-19)37-7-2/h6,8-13,16-18,29H,1,7,14-15H2,2-5H3,(H,30,31)(H,32,34). The van der Waals surface area contributed by atoms with Crippen molar-refractivity contribution in [2.45, 2.75) is 6.92 Å². The highest BCUT2D eigenvalue weighted by atomic mass is 16.5. The van der Waals surface area contributed by atoms with Crippen LogP contribution in [0.5, 0.6) is 11.5 Å². The summed E-state index contributed by atoms with van der Waals surface area (Å²) in [5.74, 6) is 1.24. The fourth-order valence-electron chi connectivity index (χ4n) is 3.65. The number of aromatic nitrogens is 1. The van der Waals surface area contributed by atoms with E-state index in [0.717, 1.165) is 12.2 Å². The molecule has 9 heteroatoms. The second kappa shape index (κ2) is 13.1. The van der Waals surface area contributed by atoms with Crippen LogP contribution in [0.2, 0.25) is 0 Å². The summed E-state index contributed by atoms with van der Waals surface area (Å²) in [4.78, 5) is 31.6. The largest absolute Gasteiger partial charge is 0.494 e. The van der Waals surface area contributed by atoms with Gasteiger partial charge in [-0.25, -0.2) is 4.98 Å². The van der Waals surface area contributed by atoms with E-state index in [2.05, 4.69) is 27.5 Å². The molecule has 3 N–H and O–H groups in total. The van der Waals surface area contributed by atoms with Crippen molar-refractivity contribution in [3.05, 3.63) is 78.5 Å². The molecule has 1 heterocycles. The van der Waals surface area contributed by atoms with Gasteiger partial charge in [-0.1, -0.05) is 6.58 Å². The molecule has 37 heavy (non-hydrogen) atoms. The third-order valence-electron chi connectivity index (χ3n) is 5.58. The van der Waals surface area contributed by atoms with Crippen LogP contribution >= 0.6 is 0 Å². The maximum atomic E-state index is 13.1. The molecule has 9 nitrogen and oxygen atoms in total. The van der Waals surface area contributed by atoms with E-state index < -0.39 is 0 Å². The first-order chi connectivity index (χ1) is 17.9. The number of rotatable bonds is 13. The Labute approximate surface area is 217 Å². The lowest BCUT2D eigenvalue weighted by Gasteiger charge is -2.24. The predicted octanol–water partition coefficient (Wildman–Crippen LogP) is 4.24. The van der Waals surface area contributed by atoms with Gasteiger partial charge in [0.15, 0.2) is 5.78 Å². The van der Waals surface area contributed by atoms with Crippen molar-refractivity contribution in [1.29, 1.82) is 0 Å². The van der Waals surface area contributed by atoms with Crippen LogP contribution in [0.25, 0.3) is 0 Å². The van der Waals surface area contributed by atoms with Crippen molar-refractivity contribution >= 4 is 34.6 Å². The number of benzene rings is 2. The predicted molar refractivity (Wildman–Crippen MR) is 148 cm³/mol. The number of likely N-dealkylation sites (N-methyl/N-ethyl adjacent to an activating group) is 2. The lowest BCUT2D eigenvalue weighted by molar-refractivity contribution is -0.111.